The summed E-state index contributed by atoms with van der Waals surface area (Å²) in [6.45, 7) is 5.82. The van der Waals surface area contributed by atoms with E-state index in [1.807, 2.05) is 39.0 Å². The summed E-state index contributed by atoms with van der Waals surface area (Å²) in [6.07, 6.45) is 0. The number of aryl methyl sites for hydroxylation is 1. The molecule has 1 aromatic heterocycles. The minimum atomic E-state index is -0.490. The first-order chi connectivity index (χ1) is 8.92. The summed E-state index contributed by atoms with van der Waals surface area (Å²) in [4.78, 5) is 15.4. The number of benzene rings is 1. The average Bonchev–Trinajstić information content (AvgIpc) is 2.74. The second-order valence-corrected chi connectivity index (χ2v) is 5.23. The third-order valence-corrected chi connectivity index (χ3v) is 3.15. The van der Waals surface area contributed by atoms with Crippen molar-refractivity contribution in [3.05, 3.63) is 29.7 Å². The van der Waals surface area contributed by atoms with Gasteiger partial charge in [0.05, 0.1) is 0 Å². The molecule has 0 unspecified atom stereocenters. The molecule has 0 saturated heterocycles. The van der Waals surface area contributed by atoms with Gasteiger partial charge in [0.25, 0.3) is 0 Å². The Bertz CT molecular complexity index is 602. The summed E-state index contributed by atoms with van der Waals surface area (Å²) >= 11 is 0. The predicted molar refractivity (Wildman–Crippen MR) is 71.9 cm³/mol. The molecule has 1 amide bonds. The van der Waals surface area contributed by atoms with Crippen LogP contribution in [0, 0.1) is 6.92 Å². The number of fused-ring (bicyclic) bond motifs is 1. The maximum Gasteiger partial charge on any atom is 0.245 e. The van der Waals surface area contributed by atoms with Crippen LogP contribution in [0.5, 0.6) is 0 Å². The van der Waals surface area contributed by atoms with Gasteiger partial charge in [-0.15, -0.1) is 0 Å². The normalized spacial score (nSPS) is 11.8. The van der Waals surface area contributed by atoms with Gasteiger partial charge in [-0.2, -0.15) is 0 Å². The Morgan fingerprint density at radius 2 is 2.21 bits per heavy atom. The number of oxazole rings is 1. The highest BCUT2D eigenvalue weighted by molar-refractivity contribution is 5.77. The number of hydrogen-bond donors (Lipinski definition) is 2. The van der Waals surface area contributed by atoms with Crippen LogP contribution in [-0.2, 0) is 10.2 Å². The number of aromatic nitrogens is 1. The molecule has 5 nitrogen and oxygen atoms in total. The van der Waals surface area contributed by atoms with E-state index in [0.717, 1.165) is 16.7 Å². The number of rotatable bonds is 4. The lowest BCUT2D eigenvalue weighted by Gasteiger charge is -2.25. The molecular weight excluding hydrogens is 244 g/mol. The number of carbonyl (C=O) groups excluding carboxylic acids is 1. The van der Waals surface area contributed by atoms with Gasteiger partial charge < -0.3 is 14.8 Å². The Hall–Kier alpha value is -1.88. The van der Waals surface area contributed by atoms with Crippen LogP contribution in [0.2, 0.25) is 0 Å². The topological polar surface area (TPSA) is 75.4 Å². The van der Waals surface area contributed by atoms with Crippen molar-refractivity contribution >= 4 is 17.0 Å². The lowest BCUT2D eigenvalue weighted by atomic mass is 9.84. The van der Waals surface area contributed by atoms with Crippen molar-refractivity contribution in [3.8, 4) is 0 Å². The molecule has 1 heterocycles. The van der Waals surface area contributed by atoms with Crippen molar-refractivity contribution < 1.29 is 14.3 Å². The van der Waals surface area contributed by atoms with Crippen LogP contribution in [0.1, 0.15) is 25.3 Å². The molecule has 0 radical (unpaired) electrons. The maximum absolute atomic E-state index is 11.1. The number of hydrogen-bond acceptors (Lipinski definition) is 4. The molecule has 0 aliphatic rings. The Kier molecular flexibility index (Phi) is 3.57. The first-order valence-corrected chi connectivity index (χ1v) is 6.17. The van der Waals surface area contributed by atoms with Gasteiger partial charge in [0, 0.05) is 18.9 Å². The first-order valence-electron chi connectivity index (χ1n) is 6.17. The fourth-order valence-electron chi connectivity index (χ4n) is 1.94. The number of aliphatic hydroxyl groups is 1. The predicted octanol–water partition coefficient (Wildman–Crippen LogP) is 1.52. The molecule has 5 heteroatoms. The lowest BCUT2D eigenvalue weighted by Crippen LogP contribution is -2.37. The van der Waals surface area contributed by atoms with Crippen molar-refractivity contribution in [1.82, 2.24) is 10.3 Å². The van der Waals surface area contributed by atoms with Crippen LogP contribution >= 0.6 is 0 Å². The molecule has 2 aromatic rings. The minimum Gasteiger partial charge on any atom is -0.441 e. The van der Waals surface area contributed by atoms with Gasteiger partial charge in [-0.1, -0.05) is 19.9 Å². The first kappa shape index (κ1) is 13.5. The van der Waals surface area contributed by atoms with Gasteiger partial charge in [0.1, 0.15) is 12.1 Å². The monoisotopic (exact) mass is 262 g/mol. The second kappa shape index (κ2) is 5.01. The van der Waals surface area contributed by atoms with Crippen LogP contribution in [0.3, 0.4) is 0 Å². The maximum atomic E-state index is 11.1. The molecule has 19 heavy (non-hydrogen) atoms. The third kappa shape index (κ3) is 2.93. The SMILES string of the molecule is Cc1nc2ccc(C(C)(C)CNC(=O)CO)cc2o1. The van der Waals surface area contributed by atoms with Gasteiger partial charge >= 0.3 is 0 Å². The average molecular weight is 262 g/mol. The van der Waals surface area contributed by atoms with E-state index in [0.29, 0.717) is 12.4 Å². The molecule has 0 atom stereocenters. The number of nitrogens with zero attached hydrogens (tertiary/aromatic N) is 1. The van der Waals surface area contributed by atoms with Crippen LogP contribution < -0.4 is 5.32 Å². The number of aliphatic hydroxyl groups excluding tert-OH is 1. The quantitative estimate of drug-likeness (QED) is 0.876. The van der Waals surface area contributed by atoms with E-state index in [2.05, 4.69) is 10.3 Å². The largest absolute Gasteiger partial charge is 0.441 e. The summed E-state index contributed by atoms with van der Waals surface area (Å²) in [5.41, 5.74) is 2.38. The van der Waals surface area contributed by atoms with Gasteiger partial charge in [0.15, 0.2) is 11.5 Å². The smallest absolute Gasteiger partial charge is 0.245 e. The summed E-state index contributed by atoms with van der Waals surface area (Å²) in [5.74, 6) is 0.267. The number of amides is 1. The zero-order valence-corrected chi connectivity index (χ0v) is 11.4. The summed E-state index contributed by atoms with van der Waals surface area (Å²) < 4.78 is 5.51. The van der Waals surface area contributed by atoms with E-state index in [1.54, 1.807) is 0 Å². The Balaban J connectivity index is 2.23. The fraction of sp³-hybridized carbons (Fsp3) is 0.429. The number of nitrogens with one attached hydrogen (secondary N) is 1. The van der Waals surface area contributed by atoms with Crippen molar-refractivity contribution in [2.75, 3.05) is 13.2 Å². The summed E-state index contributed by atoms with van der Waals surface area (Å²) in [6, 6.07) is 5.84. The molecule has 102 valence electrons. The van der Waals surface area contributed by atoms with E-state index < -0.39 is 6.61 Å². The molecule has 0 aliphatic heterocycles. The van der Waals surface area contributed by atoms with Crippen molar-refractivity contribution in [2.24, 2.45) is 0 Å². The van der Waals surface area contributed by atoms with Crippen LogP contribution in [0.25, 0.3) is 11.1 Å². The van der Waals surface area contributed by atoms with Crippen molar-refractivity contribution in [2.45, 2.75) is 26.2 Å². The van der Waals surface area contributed by atoms with E-state index in [9.17, 15) is 4.79 Å². The van der Waals surface area contributed by atoms with Gasteiger partial charge in [0.2, 0.25) is 5.91 Å². The van der Waals surface area contributed by atoms with E-state index in [1.165, 1.54) is 0 Å². The molecule has 0 aliphatic carbocycles. The van der Waals surface area contributed by atoms with Gasteiger partial charge in [-0.3, -0.25) is 4.79 Å². The second-order valence-electron chi connectivity index (χ2n) is 5.23. The molecule has 2 N–H and O–H groups in total. The Morgan fingerprint density at radius 1 is 1.47 bits per heavy atom. The van der Waals surface area contributed by atoms with E-state index in [-0.39, 0.29) is 11.3 Å². The Labute approximate surface area is 111 Å². The standard InChI is InChI=1S/C14H18N2O3/c1-9-16-11-5-4-10(6-12(11)19-9)14(2,3)8-15-13(18)7-17/h4-6,17H,7-8H2,1-3H3,(H,15,18). The molecule has 2 rings (SSSR count). The zero-order chi connectivity index (χ0) is 14.0. The molecule has 0 saturated carbocycles. The zero-order valence-electron chi connectivity index (χ0n) is 11.4. The highest BCUT2D eigenvalue weighted by Crippen LogP contribution is 2.26. The molecule has 0 bridgehead atoms. The summed E-state index contributed by atoms with van der Waals surface area (Å²) in [7, 11) is 0. The van der Waals surface area contributed by atoms with Crippen LogP contribution in [-0.4, -0.2) is 29.1 Å². The minimum absolute atomic E-state index is 0.250. The van der Waals surface area contributed by atoms with E-state index >= 15 is 0 Å². The van der Waals surface area contributed by atoms with Crippen LogP contribution in [0.15, 0.2) is 22.6 Å². The lowest BCUT2D eigenvalue weighted by molar-refractivity contribution is -0.124. The highest BCUT2D eigenvalue weighted by Gasteiger charge is 2.22. The highest BCUT2D eigenvalue weighted by atomic mass is 16.3. The summed E-state index contributed by atoms with van der Waals surface area (Å²) in [5, 5.41) is 11.4. The third-order valence-electron chi connectivity index (χ3n) is 3.15. The van der Waals surface area contributed by atoms with Gasteiger partial charge in [-0.25, -0.2) is 4.98 Å². The molecular formula is C14H18N2O3. The van der Waals surface area contributed by atoms with E-state index in [4.69, 9.17) is 9.52 Å². The Morgan fingerprint density at radius 3 is 2.89 bits per heavy atom. The van der Waals surface area contributed by atoms with Crippen molar-refractivity contribution in [3.63, 3.8) is 0 Å². The van der Waals surface area contributed by atoms with Crippen LogP contribution in [0.4, 0.5) is 0 Å². The van der Waals surface area contributed by atoms with Gasteiger partial charge in [-0.05, 0) is 17.7 Å². The fourth-order valence-corrected chi connectivity index (χ4v) is 1.94. The number of carbonyl (C=O) groups is 1. The van der Waals surface area contributed by atoms with Crippen molar-refractivity contribution in [1.29, 1.82) is 0 Å². The molecule has 0 fully saturated rings. The molecule has 1 aromatic carbocycles. The molecule has 0 spiro atoms.